The molecule has 0 aliphatic rings. The number of hydrogen-bond donors (Lipinski definition) is 1. The number of benzene rings is 2. The normalized spacial score (nSPS) is 10.6. The van der Waals surface area contributed by atoms with E-state index in [1.807, 2.05) is 42.5 Å². The van der Waals surface area contributed by atoms with E-state index in [4.69, 9.17) is 5.73 Å². The Labute approximate surface area is 117 Å². The predicted octanol–water partition coefficient (Wildman–Crippen LogP) is 3.24. The number of carbonyl (C=O) groups excluding carboxylic acids is 1. The topological polar surface area (TPSA) is 56.0 Å². The minimum Gasteiger partial charge on any atom is -0.398 e. The fourth-order valence-electron chi connectivity index (χ4n) is 2.33. The first kappa shape index (κ1) is 12.4. The van der Waals surface area contributed by atoms with Gasteiger partial charge in [0.25, 0.3) is 0 Å². The van der Waals surface area contributed by atoms with Gasteiger partial charge in [0, 0.05) is 29.3 Å². The van der Waals surface area contributed by atoms with Crippen molar-refractivity contribution in [1.82, 2.24) is 4.98 Å². The first-order valence-corrected chi connectivity index (χ1v) is 6.46. The maximum absolute atomic E-state index is 12.4. The van der Waals surface area contributed by atoms with Crippen LogP contribution in [-0.4, -0.2) is 10.8 Å². The number of nitrogen functional groups attached to an aromatic ring is 1. The Morgan fingerprint density at radius 2 is 1.75 bits per heavy atom. The Bertz CT molecular complexity index is 775. The highest BCUT2D eigenvalue weighted by molar-refractivity contribution is 6.03. The number of fused-ring (bicyclic) bond motifs is 1. The Morgan fingerprint density at radius 3 is 2.60 bits per heavy atom. The Hall–Kier alpha value is -2.68. The number of para-hydroxylation sites is 2. The second kappa shape index (κ2) is 5.13. The van der Waals surface area contributed by atoms with Crippen molar-refractivity contribution in [2.75, 3.05) is 5.73 Å². The Morgan fingerprint density at radius 1 is 1.00 bits per heavy atom. The quantitative estimate of drug-likeness (QED) is 0.582. The molecular weight excluding hydrogens is 248 g/mol. The maximum atomic E-state index is 12.4. The van der Waals surface area contributed by atoms with Gasteiger partial charge in [-0.3, -0.25) is 9.78 Å². The fourth-order valence-corrected chi connectivity index (χ4v) is 2.33. The molecule has 3 nitrogen and oxygen atoms in total. The summed E-state index contributed by atoms with van der Waals surface area (Å²) in [5.41, 5.74) is 8.83. The van der Waals surface area contributed by atoms with E-state index in [1.54, 1.807) is 18.3 Å². The molecule has 2 N–H and O–H groups in total. The van der Waals surface area contributed by atoms with E-state index < -0.39 is 0 Å². The van der Waals surface area contributed by atoms with Crippen molar-refractivity contribution in [3.8, 4) is 0 Å². The van der Waals surface area contributed by atoms with Gasteiger partial charge in [-0.2, -0.15) is 0 Å². The zero-order chi connectivity index (χ0) is 13.9. The largest absolute Gasteiger partial charge is 0.398 e. The minimum absolute atomic E-state index is 0.0273. The van der Waals surface area contributed by atoms with Gasteiger partial charge in [-0.25, -0.2) is 0 Å². The number of ketones is 1. The third-order valence-electron chi connectivity index (χ3n) is 3.35. The number of anilines is 1. The average Bonchev–Trinajstić information content (AvgIpc) is 2.48. The summed E-state index contributed by atoms with van der Waals surface area (Å²) in [6.45, 7) is 0. The van der Waals surface area contributed by atoms with E-state index in [1.165, 1.54) is 0 Å². The van der Waals surface area contributed by atoms with E-state index >= 15 is 0 Å². The van der Waals surface area contributed by atoms with Crippen LogP contribution < -0.4 is 5.73 Å². The summed E-state index contributed by atoms with van der Waals surface area (Å²) in [6.07, 6.45) is 2.07. The van der Waals surface area contributed by atoms with Gasteiger partial charge in [0.15, 0.2) is 5.78 Å². The molecule has 98 valence electrons. The van der Waals surface area contributed by atoms with Crippen LogP contribution in [0.2, 0.25) is 0 Å². The van der Waals surface area contributed by atoms with Gasteiger partial charge in [0.2, 0.25) is 0 Å². The van der Waals surface area contributed by atoms with Gasteiger partial charge < -0.3 is 5.73 Å². The van der Waals surface area contributed by atoms with E-state index in [2.05, 4.69) is 4.98 Å². The SMILES string of the molecule is Nc1ccccc1C(=O)Cc1ccnc2ccccc12. The predicted molar refractivity (Wildman–Crippen MR) is 80.6 cm³/mol. The molecule has 3 heteroatoms. The van der Waals surface area contributed by atoms with Gasteiger partial charge >= 0.3 is 0 Å². The van der Waals surface area contributed by atoms with Crippen molar-refractivity contribution in [2.45, 2.75) is 6.42 Å². The molecule has 0 spiro atoms. The van der Waals surface area contributed by atoms with Gasteiger partial charge in [-0.15, -0.1) is 0 Å². The van der Waals surface area contributed by atoms with Crippen molar-refractivity contribution in [2.24, 2.45) is 0 Å². The summed E-state index contributed by atoms with van der Waals surface area (Å²) in [4.78, 5) is 16.7. The van der Waals surface area contributed by atoms with Crippen molar-refractivity contribution in [3.63, 3.8) is 0 Å². The molecule has 0 radical (unpaired) electrons. The molecule has 3 aromatic rings. The molecule has 3 rings (SSSR count). The molecule has 0 unspecified atom stereocenters. The van der Waals surface area contributed by atoms with Gasteiger partial charge in [-0.05, 0) is 29.8 Å². The number of nitrogens with zero attached hydrogens (tertiary/aromatic N) is 1. The smallest absolute Gasteiger partial charge is 0.169 e. The summed E-state index contributed by atoms with van der Waals surface area (Å²) in [6, 6.07) is 16.9. The second-order valence-electron chi connectivity index (χ2n) is 4.67. The standard InChI is InChI=1S/C17H14N2O/c18-15-7-3-1-6-14(15)17(20)11-12-9-10-19-16-8-4-2-5-13(12)16/h1-10H,11,18H2. The zero-order valence-electron chi connectivity index (χ0n) is 10.9. The van der Waals surface area contributed by atoms with Crippen LogP contribution in [0.3, 0.4) is 0 Å². The van der Waals surface area contributed by atoms with Gasteiger partial charge in [0.1, 0.15) is 0 Å². The number of Topliss-reactive ketones (excluding diaryl/α,β-unsaturated/α-hetero) is 1. The lowest BCUT2D eigenvalue weighted by atomic mass is 9.99. The minimum atomic E-state index is 0.0273. The summed E-state index contributed by atoms with van der Waals surface area (Å²) < 4.78 is 0. The lowest BCUT2D eigenvalue weighted by molar-refractivity contribution is 0.0994. The van der Waals surface area contributed by atoms with Gasteiger partial charge in [0.05, 0.1) is 5.52 Å². The van der Waals surface area contributed by atoms with Crippen LogP contribution in [0.4, 0.5) is 5.69 Å². The number of hydrogen-bond acceptors (Lipinski definition) is 3. The fraction of sp³-hybridized carbons (Fsp3) is 0.0588. The molecule has 0 atom stereocenters. The summed E-state index contributed by atoms with van der Waals surface area (Å²) >= 11 is 0. The van der Waals surface area contributed by atoms with E-state index in [0.717, 1.165) is 16.5 Å². The first-order valence-electron chi connectivity index (χ1n) is 6.46. The lowest BCUT2D eigenvalue weighted by Crippen LogP contribution is -2.07. The van der Waals surface area contributed by atoms with Crippen LogP contribution in [0.1, 0.15) is 15.9 Å². The first-order chi connectivity index (χ1) is 9.75. The number of carbonyl (C=O) groups is 1. The highest BCUT2D eigenvalue weighted by Crippen LogP contribution is 2.20. The van der Waals surface area contributed by atoms with Crippen molar-refractivity contribution >= 4 is 22.4 Å². The molecule has 20 heavy (non-hydrogen) atoms. The molecule has 0 fully saturated rings. The molecule has 0 saturated carbocycles. The number of pyridine rings is 1. The number of nitrogens with two attached hydrogens (primary N) is 1. The van der Waals surface area contributed by atoms with Gasteiger partial charge in [-0.1, -0.05) is 30.3 Å². The second-order valence-corrected chi connectivity index (χ2v) is 4.67. The Kier molecular flexibility index (Phi) is 3.17. The van der Waals surface area contributed by atoms with Crippen molar-refractivity contribution < 1.29 is 4.79 Å². The van der Waals surface area contributed by atoms with Crippen molar-refractivity contribution in [1.29, 1.82) is 0 Å². The van der Waals surface area contributed by atoms with E-state index in [9.17, 15) is 4.79 Å². The summed E-state index contributed by atoms with van der Waals surface area (Å²) in [5.74, 6) is 0.0273. The van der Waals surface area contributed by atoms with Crippen molar-refractivity contribution in [3.05, 3.63) is 71.9 Å². The molecule has 0 bridgehead atoms. The van der Waals surface area contributed by atoms with Crippen LogP contribution in [0.25, 0.3) is 10.9 Å². The summed E-state index contributed by atoms with van der Waals surface area (Å²) in [5, 5.41) is 1.01. The molecular formula is C17H14N2O. The van der Waals surface area contributed by atoms with E-state index in [0.29, 0.717) is 17.7 Å². The zero-order valence-corrected chi connectivity index (χ0v) is 10.9. The third-order valence-corrected chi connectivity index (χ3v) is 3.35. The molecule has 2 aromatic carbocycles. The average molecular weight is 262 g/mol. The number of aromatic nitrogens is 1. The molecule has 0 saturated heterocycles. The number of rotatable bonds is 3. The highest BCUT2D eigenvalue weighted by atomic mass is 16.1. The molecule has 1 heterocycles. The summed E-state index contributed by atoms with van der Waals surface area (Å²) in [7, 11) is 0. The molecule has 0 amide bonds. The van der Waals surface area contributed by atoms with E-state index in [-0.39, 0.29) is 5.78 Å². The van der Waals surface area contributed by atoms with Crippen LogP contribution in [0.5, 0.6) is 0 Å². The third kappa shape index (κ3) is 2.26. The Balaban J connectivity index is 1.98. The molecule has 0 aliphatic heterocycles. The van der Waals surface area contributed by atoms with Crippen LogP contribution in [-0.2, 0) is 6.42 Å². The highest BCUT2D eigenvalue weighted by Gasteiger charge is 2.11. The molecule has 0 aliphatic carbocycles. The maximum Gasteiger partial charge on any atom is 0.169 e. The lowest BCUT2D eigenvalue weighted by Gasteiger charge is -2.07. The molecule has 1 aromatic heterocycles. The van der Waals surface area contributed by atoms with Crippen LogP contribution in [0.15, 0.2) is 60.8 Å². The van der Waals surface area contributed by atoms with Crippen LogP contribution >= 0.6 is 0 Å². The monoisotopic (exact) mass is 262 g/mol. The van der Waals surface area contributed by atoms with Crippen LogP contribution in [0, 0.1) is 0 Å².